The fraction of sp³-hybridized carbons (Fsp3) is 0.947. The van der Waals surface area contributed by atoms with Gasteiger partial charge in [0.25, 0.3) is 0 Å². The third kappa shape index (κ3) is 67.3. The van der Waals surface area contributed by atoms with Crippen molar-refractivity contribution in [2.75, 3.05) is 39.6 Å². The second-order valence-corrected chi connectivity index (χ2v) is 30.7. The molecular formula is C75H146O17P2. The van der Waals surface area contributed by atoms with Crippen LogP contribution in [0.1, 0.15) is 388 Å². The molecule has 0 aliphatic heterocycles. The van der Waals surface area contributed by atoms with Crippen LogP contribution in [0.15, 0.2) is 0 Å². The lowest BCUT2D eigenvalue weighted by Gasteiger charge is -2.21. The van der Waals surface area contributed by atoms with Gasteiger partial charge in [-0.1, -0.05) is 337 Å². The summed E-state index contributed by atoms with van der Waals surface area (Å²) >= 11 is 0. The van der Waals surface area contributed by atoms with Crippen LogP contribution in [0.5, 0.6) is 0 Å². The van der Waals surface area contributed by atoms with Crippen LogP contribution in [0.3, 0.4) is 0 Å². The average molecular weight is 1380 g/mol. The summed E-state index contributed by atoms with van der Waals surface area (Å²) in [6.07, 6.45) is 54.4. The Morgan fingerprint density at radius 3 is 0.809 bits per heavy atom. The third-order valence-electron chi connectivity index (χ3n) is 17.8. The SMILES string of the molecule is CCCCCCCCCCC(=O)O[C@H](COC(=O)CCCCCCCCC)COP(=O)(O)OC[C@H](O)COP(=O)(O)OC[C@@H](COC(=O)CCCCCCCCCCCCCCCCC(C)CC)OC(=O)CCCCCCCCCCCCCCCCCCCCC(C)C. The molecule has 0 aromatic rings. The van der Waals surface area contributed by atoms with Gasteiger partial charge in [-0.25, -0.2) is 9.13 Å². The number of aliphatic hydroxyl groups excluding tert-OH is 1. The number of hydrogen-bond donors (Lipinski definition) is 3. The number of carbonyl (C=O) groups excluding carboxylic acids is 4. The van der Waals surface area contributed by atoms with Crippen molar-refractivity contribution in [3.63, 3.8) is 0 Å². The van der Waals surface area contributed by atoms with Gasteiger partial charge in [-0.05, 0) is 37.5 Å². The molecule has 19 heteroatoms. The van der Waals surface area contributed by atoms with Crippen LogP contribution in [0.25, 0.3) is 0 Å². The largest absolute Gasteiger partial charge is 0.472 e. The van der Waals surface area contributed by atoms with Crippen molar-refractivity contribution < 1.29 is 80.2 Å². The molecule has 0 saturated heterocycles. The highest BCUT2D eigenvalue weighted by Crippen LogP contribution is 2.45. The van der Waals surface area contributed by atoms with E-state index in [1.165, 1.54) is 186 Å². The molecule has 3 N–H and O–H groups in total. The number of esters is 4. The van der Waals surface area contributed by atoms with Crippen molar-refractivity contribution in [2.24, 2.45) is 11.8 Å². The van der Waals surface area contributed by atoms with E-state index in [9.17, 15) is 43.2 Å². The molecule has 0 amide bonds. The number of phosphoric ester groups is 2. The number of ether oxygens (including phenoxy) is 4. The summed E-state index contributed by atoms with van der Waals surface area (Å²) in [5, 5.41) is 10.6. The molecule has 0 aromatic heterocycles. The van der Waals surface area contributed by atoms with Crippen molar-refractivity contribution >= 4 is 39.5 Å². The fourth-order valence-corrected chi connectivity index (χ4v) is 13.0. The first-order chi connectivity index (χ1) is 45.4. The average Bonchev–Trinajstić information content (AvgIpc) is 1.38. The molecule has 3 unspecified atom stereocenters. The molecule has 0 aliphatic carbocycles. The van der Waals surface area contributed by atoms with Crippen LogP contribution in [0.2, 0.25) is 0 Å². The fourth-order valence-electron chi connectivity index (χ4n) is 11.4. The van der Waals surface area contributed by atoms with Gasteiger partial charge in [0.2, 0.25) is 0 Å². The summed E-state index contributed by atoms with van der Waals surface area (Å²) < 4.78 is 68.2. The van der Waals surface area contributed by atoms with Gasteiger partial charge in [0.1, 0.15) is 19.3 Å². The van der Waals surface area contributed by atoms with Crippen molar-refractivity contribution in [2.45, 2.75) is 407 Å². The zero-order valence-electron chi connectivity index (χ0n) is 61.3. The Hall–Kier alpha value is -1.94. The van der Waals surface area contributed by atoms with E-state index in [-0.39, 0.29) is 25.7 Å². The summed E-state index contributed by atoms with van der Waals surface area (Å²) in [6.45, 7) is 9.60. The quantitative estimate of drug-likeness (QED) is 0.0222. The maximum atomic E-state index is 13.1. The topological polar surface area (TPSA) is 237 Å². The molecule has 94 heavy (non-hydrogen) atoms. The van der Waals surface area contributed by atoms with Gasteiger partial charge in [0.05, 0.1) is 26.4 Å². The van der Waals surface area contributed by atoms with Gasteiger partial charge >= 0.3 is 39.5 Å². The van der Waals surface area contributed by atoms with Gasteiger partial charge in [0.15, 0.2) is 12.2 Å². The number of unbranched alkanes of at least 4 members (excludes halogenated alkanes) is 43. The zero-order chi connectivity index (χ0) is 69.3. The number of aliphatic hydroxyl groups is 1. The lowest BCUT2D eigenvalue weighted by Crippen LogP contribution is -2.30. The standard InChI is InChI=1S/C75H146O17P2/c1-7-10-12-14-16-40-47-53-59-74(79)91-70(63-85-72(77)57-51-45-37-15-13-11-8-2)65-89-93(81,82)87-61-69(76)62-88-94(83,84)90-66-71(64-86-73(78)58-52-46-41-35-31-27-24-23-26-30-34-39-44-50-56-68(6)9-3)92-75(80)60-54-48-42-36-32-28-22-20-18-17-19-21-25-29-33-38-43-49-55-67(4)5/h67-71,76H,7-66H2,1-6H3,(H,81,82)(H,83,84)/t68?,69-,70+,71+/m0/s1. The molecule has 0 saturated carbocycles. The lowest BCUT2D eigenvalue weighted by molar-refractivity contribution is -0.161. The molecular weight excluding hydrogens is 1230 g/mol. The molecule has 0 fully saturated rings. The van der Waals surface area contributed by atoms with E-state index in [1.807, 2.05) is 0 Å². The van der Waals surface area contributed by atoms with Crippen LogP contribution in [-0.2, 0) is 65.4 Å². The number of carbonyl (C=O) groups is 4. The number of phosphoric acid groups is 2. The monoisotopic (exact) mass is 1380 g/mol. The van der Waals surface area contributed by atoms with Gasteiger partial charge in [-0.2, -0.15) is 0 Å². The van der Waals surface area contributed by atoms with Crippen molar-refractivity contribution in [1.82, 2.24) is 0 Å². The van der Waals surface area contributed by atoms with E-state index in [2.05, 4.69) is 41.5 Å². The minimum Gasteiger partial charge on any atom is -0.462 e. The van der Waals surface area contributed by atoms with Crippen LogP contribution in [-0.4, -0.2) is 96.7 Å². The van der Waals surface area contributed by atoms with E-state index in [4.69, 9.17) is 37.0 Å². The van der Waals surface area contributed by atoms with Crippen molar-refractivity contribution in [1.29, 1.82) is 0 Å². The van der Waals surface area contributed by atoms with Crippen LogP contribution in [0.4, 0.5) is 0 Å². The van der Waals surface area contributed by atoms with Crippen LogP contribution in [0, 0.1) is 11.8 Å². The summed E-state index contributed by atoms with van der Waals surface area (Å²) in [5.41, 5.74) is 0. The highest BCUT2D eigenvalue weighted by atomic mass is 31.2. The van der Waals surface area contributed by atoms with Crippen molar-refractivity contribution in [3.8, 4) is 0 Å². The second kappa shape index (κ2) is 66.9. The number of rotatable bonds is 74. The predicted molar refractivity (Wildman–Crippen MR) is 381 cm³/mol. The molecule has 0 rings (SSSR count). The highest BCUT2D eigenvalue weighted by molar-refractivity contribution is 7.47. The first-order valence-electron chi connectivity index (χ1n) is 39.0. The highest BCUT2D eigenvalue weighted by Gasteiger charge is 2.30. The minimum absolute atomic E-state index is 0.105. The van der Waals surface area contributed by atoms with E-state index in [0.717, 1.165) is 121 Å². The zero-order valence-corrected chi connectivity index (χ0v) is 63.1. The van der Waals surface area contributed by atoms with E-state index < -0.39 is 97.5 Å². The lowest BCUT2D eigenvalue weighted by atomic mass is 9.99. The Bertz CT molecular complexity index is 1820. The summed E-state index contributed by atoms with van der Waals surface area (Å²) in [5.74, 6) is -0.455. The Labute approximate surface area is 575 Å². The molecule has 0 bridgehead atoms. The van der Waals surface area contributed by atoms with E-state index >= 15 is 0 Å². The maximum absolute atomic E-state index is 13.1. The van der Waals surface area contributed by atoms with Gasteiger partial charge in [-0.3, -0.25) is 37.3 Å². The normalized spacial score (nSPS) is 14.3. The first-order valence-corrected chi connectivity index (χ1v) is 42.0. The Morgan fingerprint density at radius 2 is 0.543 bits per heavy atom. The molecule has 0 radical (unpaired) electrons. The van der Waals surface area contributed by atoms with Crippen molar-refractivity contribution in [3.05, 3.63) is 0 Å². The summed E-state index contributed by atoms with van der Waals surface area (Å²) in [4.78, 5) is 72.5. The van der Waals surface area contributed by atoms with Crippen LogP contribution >= 0.6 is 15.6 Å². The van der Waals surface area contributed by atoms with Gasteiger partial charge in [-0.15, -0.1) is 0 Å². The minimum atomic E-state index is -4.95. The molecule has 0 aliphatic rings. The smallest absolute Gasteiger partial charge is 0.462 e. The number of hydrogen-bond acceptors (Lipinski definition) is 15. The summed E-state index contributed by atoms with van der Waals surface area (Å²) in [6, 6.07) is 0. The third-order valence-corrected chi connectivity index (χ3v) is 19.7. The molecule has 558 valence electrons. The maximum Gasteiger partial charge on any atom is 0.472 e. The van der Waals surface area contributed by atoms with Gasteiger partial charge < -0.3 is 33.8 Å². The molecule has 6 atom stereocenters. The van der Waals surface area contributed by atoms with Crippen LogP contribution < -0.4 is 0 Å². The summed E-state index contributed by atoms with van der Waals surface area (Å²) in [7, 11) is -9.90. The Kier molecular flexibility index (Phi) is 65.5. The molecule has 17 nitrogen and oxygen atoms in total. The predicted octanol–water partition coefficient (Wildman–Crippen LogP) is 21.9. The first kappa shape index (κ1) is 92.1. The molecule has 0 spiro atoms. The second-order valence-electron chi connectivity index (χ2n) is 27.8. The molecule has 0 heterocycles. The Balaban J connectivity index is 5.13. The van der Waals surface area contributed by atoms with E-state index in [0.29, 0.717) is 25.7 Å². The Morgan fingerprint density at radius 1 is 0.309 bits per heavy atom. The van der Waals surface area contributed by atoms with E-state index in [1.54, 1.807) is 0 Å². The molecule has 0 aromatic carbocycles. The van der Waals surface area contributed by atoms with Gasteiger partial charge in [0, 0.05) is 25.7 Å².